The largest absolute Gasteiger partial charge is 0.492 e. The van der Waals surface area contributed by atoms with Crippen molar-refractivity contribution in [3.05, 3.63) is 71.8 Å². The van der Waals surface area contributed by atoms with Gasteiger partial charge in [0.05, 0.1) is 0 Å². The van der Waals surface area contributed by atoms with Gasteiger partial charge in [-0.2, -0.15) is 0 Å². The molecular weight excluding hydrogens is 382 g/mol. The van der Waals surface area contributed by atoms with Crippen LogP contribution in [0.2, 0.25) is 0 Å². The SMILES string of the molecule is CN(C)CCOc1ccc2c(c1)OC(C)(C)CC2c1cccc2ccccc12.Cl. The van der Waals surface area contributed by atoms with Gasteiger partial charge in [0.1, 0.15) is 23.7 Å². The van der Waals surface area contributed by atoms with Gasteiger partial charge in [-0.3, -0.25) is 0 Å². The van der Waals surface area contributed by atoms with Gasteiger partial charge in [-0.25, -0.2) is 0 Å². The molecule has 4 heteroatoms. The first-order chi connectivity index (χ1) is 13.4. The van der Waals surface area contributed by atoms with Crippen molar-refractivity contribution in [2.24, 2.45) is 0 Å². The Bertz CT molecular complexity index is 978. The third-order valence-electron chi connectivity index (χ3n) is 5.45. The summed E-state index contributed by atoms with van der Waals surface area (Å²) in [5.41, 5.74) is 2.39. The number of hydrogen-bond acceptors (Lipinski definition) is 3. The van der Waals surface area contributed by atoms with Crippen molar-refractivity contribution in [1.29, 1.82) is 0 Å². The highest BCUT2D eigenvalue weighted by Gasteiger charge is 2.35. The summed E-state index contributed by atoms with van der Waals surface area (Å²) in [5, 5.41) is 2.61. The van der Waals surface area contributed by atoms with E-state index >= 15 is 0 Å². The first kappa shape index (κ1) is 21.5. The molecule has 29 heavy (non-hydrogen) atoms. The van der Waals surface area contributed by atoms with Crippen molar-refractivity contribution < 1.29 is 9.47 Å². The molecule has 1 heterocycles. The quantitative estimate of drug-likeness (QED) is 0.522. The molecule has 0 fully saturated rings. The van der Waals surface area contributed by atoms with Crippen LogP contribution in [0.3, 0.4) is 0 Å². The smallest absolute Gasteiger partial charge is 0.127 e. The van der Waals surface area contributed by atoms with E-state index in [-0.39, 0.29) is 18.0 Å². The van der Waals surface area contributed by atoms with Crippen LogP contribution in [-0.4, -0.2) is 37.7 Å². The van der Waals surface area contributed by atoms with Crippen LogP contribution >= 0.6 is 12.4 Å². The molecule has 1 atom stereocenters. The molecule has 0 amide bonds. The maximum atomic E-state index is 6.36. The van der Waals surface area contributed by atoms with E-state index in [1.807, 2.05) is 0 Å². The summed E-state index contributed by atoms with van der Waals surface area (Å²) in [6, 6.07) is 21.6. The molecule has 154 valence electrons. The van der Waals surface area contributed by atoms with Crippen LogP contribution in [0.5, 0.6) is 11.5 Å². The molecule has 0 aromatic heterocycles. The normalized spacial score (nSPS) is 17.3. The number of benzene rings is 3. The van der Waals surface area contributed by atoms with Gasteiger partial charge in [-0.1, -0.05) is 48.5 Å². The molecule has 3 aromatic rings. The molecule has 0 bridgehead atoms. The van der Waals surface area contributed by atoms with Crippen LogP contribution < -0.4 is 9.47 Å². The predicted octanol–water partition coefficient (Wildman–Crippen LogP) is 5.90. The first-order valence-corrected chi connectivity index (χ1v) is 10.0. The van der Waals surface area contributed by atoms with Crippen LogP contribution in [0.15, 0.2) is 60.7 Å². The molecule has 0 saturated heterocycles. The predicted molar refractivity (Wildman–Crippen MR) is 123 cm³/mol. The van der Waals surface area contributed by atoms with E-state index in [9.17, 15) is 0 Å². The minimum absolute atomic E-state index is 0. The average Bonchev–Trinajstić information content (AvgIpc) is 2.65. The summed E-state index contributed by atoms with van der Waals surface area (Å²) >= 11 is 0. The molecule has 1 aliphatic rings. The number of likely N-dealkylation sites (N-methyl/N-ethyl adjacent to an activating group) is 1. The van der Waals surface area contributed by atoms with Gasteiger partial charge in [0, 0.05) is 24.1 Å². The van der Waals surface area contributed by atoms with Crippen molar-refractivity contribution in [2.75, 3.05) is 27.2 Å². The third-order valence-corrected chi connectivity index (χ3v) is 5.45. The van der Waals surface area contributed by atoms with Gasteiger partial charge < -0.3 is 14.4 Å². The van der Waals surface area contributed by atoms with E-state index in [0.717, 1.165) is 24.5 Å². The maximum Gasteiger partial charge on any atom is 0.127 e. The van der Waals surface area contributed by atoms with Gasteiger partial charge >= 0.3 is 0 Å². The average molecular weight is 412 g/mol. The standard InChI is InChI=1S/C25H29NO2.ClH/c1-25(2)17-23(21-11-7-9-18-8-5-6-10-20(18)21)22-13-12-19(16-24(22)28-25)27-15-14-26(3)4;/h5-13,16,23H,14-15,17H2,1-4H3;1H. The second-order valence-electron chi connectivity index (χ2n) is 8.54. The lowest BCUT2D eigenvalue weighted by Gasteiger charge is -2.38. The second-order valence-corrected chi connectivity index (χ2v) is 8.54. The van der Waals surface area contributed by atoms with Crippen molar-refractivity contribution in [3.8, 4) is 11.5 Å². The fourth-order valence-corrected chi connectivity index (χ4v) is 4.10. The highest BCUT2D eigenvalue weighted by molar-refractivity contribution is 5.86. The van der Waals surface area contributed by atoms with E-state index in [4.69, 9.17) is 9.47 Å². The van der Waals surface area contributed by atoms with Gasteiger partial charge in [0.2, 0.25) is 0 Å². The Labute approximate surface area is 180 Å². The first-order valence-electron chi connectivity index (χ1n) is 10.0. The summed E-state index contributed by atoms with van der Waals surface area (Å²) in [6.45, 7) is 5.91. The molecule has 3 aromatic carbocycles. The Balaban J connectivity index is 0.00000240. The van der Waals surface area contributed by atoms with Crippen LogP contribution in [-0.2, 0) is 0 Å². The number of fused-ring (bicyclic) bond motifs is 2. The maximum absolute atomic E-state index is 6.36. The topological polar surface area (TPSA) is 21.7 Å². The Morgan fingerprint density at radius 1 is 1.00 bits per heavy atom. The molecule has 1 unspecified atom stereocenters. The minimum atomic E-state index is -0.225. The van der Waals surface area contributed by atoms with Crippen LogP contribution in [0.1, 0.15) is 37.3 Å². The number of hydrogen-bond donors (Lipinski definition) is 0. The van der Waals surface area contributed by atoms with E-state index in [2.05, 4.69) is 93.5 Å². The van der Waals surface area contributed by atoms with E-state index in [1.54, 1.807) is 0 Å². The summed E-state index contributed by atoms with van der Waals surface area (Å²) in [5.74, 6) is 2.12. The molecule has 0 saturated carbocycles. The Kier molecular flexibility index (Phi) is 6.40. The third kappa shape index (κ3) is 4.68. The Morgan fingerprint density at radius 2 is 1.76 bits per heavy atom. The molecule has 0 radical (unpaired) electrons. The van der Waals surface area contributed by atoms with E-state index in [0.29, 0.717) is 12.5 Å². The van der Waals surface area contributed by atoms with Gasteiger partial charge in [-0.05, 0) is 56.8 Å². The fraction of sp³-hybridized carbons (Fsp3) is 0.360. The van der Waals surface area contributed by atoms with E-state index < -0.39 is 0 Å². The second kappa shape index (κ2) is 8.64. The van der Waals surface area contributed by atoms with Crippen molar-refractivity contribution in [3.63, 3.8) is 0 Å². The Hall–Kier alpha value is -2.23. The zero-order chi connectivity index (χ0) is 19.7. The molecule has 0 spiro atoms. The lowest BCUT2D eigenvalue weighted by atomic mass is 9.78. The van der Waals surface area contributed by atoms with Gasteiger partial charge in [-0.15, -0.1) is 12.4 Å². The van der Waals surface area contributed by atoms with Crippen molar-refractivity contribution >= 4 is 23.2 Å². The molecule has 0 N–H and O–H groups in total. The summed E-state index contributed by atoms with van der Waals surface area (Å²) in [7, 11) is 4.10. The van der Waals surface area contributed by atoms with E-state index in [1.165, 1.54) is 21.9 Å². The van der Waals surface area contributed by atoms with Crippen LogP contribution in [0.25, 0.3) is 10.8 Å². The van der Waals surface area contributed by atoms with Gasteiger partial charge in [0.25, 0.3) is 0 Å². The molecule has 1 aliphatic heterocycles. The number of ether oxygens (including phenoxy) is 2. The zero-order valence-electron chi connectivity index (χ0n) is 17.6. The van der Waals surface area contributed by atoms with Crippen molar-refractivity contribution in [2.45, 2.75) is 31.8 Å². The Morgan fingerprint density at radius 3 is 2.55 bits per heavy atom. The zero-order valence-corrected chi connectivity index (χ0v) is 18.5. The molecule has 3 nitrogen and oxygen atoms in total. The molecular formula is C25H30ClNO2. The molecule has 0 aliphatic carbocycles. The van der Waals surface area contributed by atoms with Gasteiger partial charge in [0.15, 0.2) is 0 Å². The highest BCUT2D eigenvalue weighted by Crippen LogP contribution is 2.46. The minimum Gasteiger partial charge on any atom is -0.492 e. The fourth-order valence-electron chi connectivity index (χ4n) is 4.10. The van der Waals surface area contributed by atoms with Crippen LogP contribution in [0, 0.1) is 0 Å². The lowest BCUT2D eigenvalue weighted by Crippen LogP contribution is -2.35. The lowest BCUT2D eigenvalue weighted by molar-refractivity contribution is 0.0771. The summed E-state index contributed by atoms with van der Waals surface area (Å²) in [4.78, 5) is 2.12. The van der Waals surface area contributed by atoms with Crippen molar-refractivity contribution in [1.82, 2.24) is 4.90 Å². The summed E-state index contributed by atoms with van der Waals surface area (Å²) in [6.07, 6.45) is 0.953. The highest BCUT2D eigenvalue weighted by atomic mass is 35.5. The number of rotatable bonds is 5. The molecule has 4 rings (SSSR count). The number of halogens is 1. The summed E-state index contributed by atoms with van der Waals surface area (Å²) < 4.78 is 12.3. The number of nitrogens with zero attached hydrogens (tertiary/aromatic N) is 1. The van der Waals surface area contributed by atoms with Crippen LogP contribution in [0.4, 0.5) is 0 Å². The monoisotopic (exact) mass is 411 g/mol.